The Balaban J connectivity index is 2.05. The Labute approximate surface area is 96.9 Å². The highest BCUT2D eigenvalue weighted by atomic mass is 16.3. The molecule has 3 nitrogen and oxygen atoms in total. The molecule has 1 aromatic rings. The third-order valence-corrected chi connectivity index (χ3v) is 3.24. The van der Waals surface area contributed by atoms with Crippen LogP contribution in [0.15, 0.2) is 18.2 Å². The number of hydrogen-bond donors (Lipinski definition) is 2. The fourth-order valence-corrected chi connectivity index (χ4v) is 2.40. The van der Waals surface area contributed by atoms with E-state index in [4.69, 9.17) is 5.73 Å². The van der Waals surface area contributed by atoms with Gasteiger partial charge in [0.2, 0.25) is 0 Å². The minimum absolute atomic E-state index is 0.354. The summed E-state index contributed by atoms with van der Waals surface area (Å²) in [6.45, 7) is 5.33. The Bertz CT molecular complexity index is 365. The van der Waals surface area contributed by atoms with E-state index in [9.17, 15) is 5.11 Å². The van der Waals surface area contributed by atoms with Crippen LogP contribution in [0.25, 0.3) is 0 Å². The van der Waals surface area contributed by atoms with E-state index in [0.29, 0.717) is 5.75 Å². The van der Waals surface area contributed by atoms with Gasteiger partial charge in [-0.3, -0.25) is 4.90 Å². The third kappa shape index (κ3) is 2.67. The first kappa shape index (κ1) is 11.3. The van der Waals surface area contributed by atoms with Crippen molar-refractivity contribution in [1.82, 2.24) is 4.90 Å². The molecule has 1 heterocycles. The highest BCUT2D eigenvalue weighted by Gasteiger charge is 2.17. The van der Waals surface area contributed by atoms with Gasteiger partial charge in [0.1, 0.15) is 5.75 Å². The Morgan fingerprint density at radius 1 is 1.50 bits per heavy atom. The van der Waals surface area contributed by atoms with Crippen LogP contribution in [0.3, 0.4) is 0 Å². The van der Waals surface area contributed by atoms with Crippen LogP contribution in [-0.4, -0.2) is 23.1 Å². The molecule has 1 atom stereocenters. The Morgan fingerprint density at radius 3 is 3.06 bits per heavy atom. The molecule has 0 aliphatic carbocycles. The number of phenolic OH excluding ortho intramolecular Hbond substituents is 1. The second-order valence-corrected chi connectivity index (χ2v) is 4.87. The molecule has 88 valence electrons. The molecular weight excluding hydrogens is 200 g/mol. The van der Waals surface area contributed by atoms with E-state index >= 15 is 0 Å². The number of benzene rings is 1. The zero-order chi connectivity index (χ0) is 11.5. The molecule has 0 saturated carbocycles. The van der Waals surface area contributed by atoms with Crippen molar-refractivity contribution in [3.05, 3.63) is 23.8 Å². The predicted octanol–water partition coefficient (Wildman–Crippen LogP) is 2.21. The Hall–Kier alpha value is -1.22. The zero-order valence-corrected chi connectivity index (χ0v) is 9.82. The van der Waals surface area contributed by atoms with Crippen LogP contribution in [0.4, 0.5) is 5.69 Å². The summed E-state index contributed by atoms with van der Waals surface area (Å²) in [7, 11) is 0. The lowest BCUT2D eigenvalue weighted by molar-refractivity contribution is 0.175. The highest BCUT2D eigenvalue weighted by Crippen LogP contribution is 2.24. The summed E-state index contributed by atoms with van der Waals surface area (Å²) in [6, 6.07) is 5.28. The number of anilines is 1. The third-order valence-electron chi connectivity index (χ3n) is 3.24. The molecule has 0 radical (unpaired) electrons. The van der Waals surface area contributed by atoms with Crippen molar-refractivity contribution >= 4 is 5.69 Å². The van der Waals surface area contributed by atoms with Crippen LogP contribution >= 0.6 is 0 Å². The number of aromatic hydroxyl groups is 1. The molecule has 3 N–H and O–H groups in total. The van der Waals surface area contributed by atoms with Gasteiger partial charge in [-0.15, -0.1) is 0 Å². The molecular formula is C13H20N2O. The van der Waals surface area contributed by atoms with Crippen LogP contribution < -0.4 is 5.73 Å². The molecule has 3 heteroatoms. The Kier molecular flexibility index (Phi) is 3.34. The molecule has 1 fully saturated rings. The van der Waals surface area contributed by atoms with Crippen molar-refractivity contribution < 1.29 is 5.11 Å². The van der Waals surface area contributed by atoms with Gasteiger partial charge in [0.05, 0.1) is 0 Å². The van der Waals surface area contributed by atoms with Gasteiger partial charge in [-0.2, -0.15) is 0 Å². The maximum Gasteiger partial charge on any atom is 0.120 e. The Morgan fingerprint density at radius 2 is 2.31 bits per heavy atom. The van der Waals surface area contributed by atoms with E-state index in [-0.39, 0.29) is 0 Å². The number of nitrogens with zero attached hydrogens (tertiary/aromatic N) is 1. The van der Waals surface area contributed by atoms with Crippen molar-refractivity contribution in [3.63, 3.8) is 0 Å². The molecule has 1 aromatic carbocycles. The number of rotatable bonds is 2. The van der Waals surface area contributed by atoms with E-state index in [0.717, 1.165) is 36.8 Å². The minimum Gasteiger partial charge on any atom is -0.508 e. The summed E-state index contributed by atoms with van der Waals surface area (Å²) >= 11 is 0. The summed E-state index contributed by atoms with van der Waals surface area (Å²) < 4.78 is 0. The highest BCUT2D eigenvalue weighted by molar-refractivity contribution is 5.47. The summed E-state index contributed by atoms with van der Waals surface area (Å²) in [5.74, 6) is 1.12. The lowest BCUT2D eigenvalue weighted by atomic mass is 9.99. The van der Waals surface area contributed by atoms with Crippen molar-refractivity contribution in [3.8, 4) is 5.75 Å². The first-order chi connectivity index (χ1) is 7.65. The van der Waals surface area contributed by atoms with Crippen LogP contribution in [-0.2, 0) is 6.54 Å². The molecule has 1 aliphatic rings. The van der Waals surface area contributed by atoms with E-state index < -0.39 is 0 Å². The topological polar surface area (TPSA) is 49.5 Å². The van der Waals surface area contributed by atoms with Gasteiger partial charge >= 0.3 is 0 Å². The maximum atomic E-state index is 9.75. The van der Waals surface area contributed by atoms with Crippen molar-refractivity contribution in [1.29, 1.82) is 0 Å². The van der Waals surface area contributed by atoms with E-state index in [1.165, 1.54) is 12.8 Å². The second kappa shape index (κ2) is 4.74. The molecule has 1 saturated heterocycles. The normalized spacial score (nSPS) is 22.2. The van der Waals surface area contributed by atoms with Crippen LogP contribution in [0, 0.1) is 5.92 Å². The number of phenols is 1. The smallest absolute Gasteiger partial charge is 0.120 e. The van der Waals surface area contributed by atoms with Crippen molar-refractivity contribution in [2.24, 2.45) is 5.92 Å². The lowest BCUT2D eigenvalue weighted by Gasteiger charge is -2.31. The average Bonchev–Trinajstić information content (AvgIpc) is 2.24. The van der Waals surface area contributed by atoms with Crippen molar-refractivity contribution in [2.45, 2.75) is 26.3 Å². The summed E-state index contributed by atoms with van der Waals surface area (Å²) in [5.41, 5.74) is 7.39. The van der Waals surface area contributed by atoms with Crippen LogP contribution in [0.2, 0.25) is 0 Å². The summed E-state index contributed by atoms with van der Waals surface area (Å²) in [4.78, 5) is 2.39. The number of hydrogen-bond acceptors (Lipinski definition) is 3. The van der Waals surface area contributed by atoms with E-state index in [1.807, 2.05) is 6.07 Å². The monoisotopic (exact) mass is 220 g/mol. The second-order valence-electron chi connectivity index (χ2n) is 4.87. The number of nitrogen functional groups attached to an aromatic ring is 1. The zero-order valence-electron chi connectivity index (χ0n) is 9.82. The van der Waals surface area contributed by atoms with Gasteiger partial charge in [0, 0.05) is 24.3 Å². The van der Waals surface area contributed by atoms with Crippen LogP contribution in [0.1, 0.15) is 25.3 Å². The molecule has 1 aliphatic heterocycles. The fraction of sp³-hybridized carbons (Fsp3) is 0.538. The minimum atomic E-state index is 0.354. The standard InChI is InChI=1S/C13H20N2O/c1-10-3-2-6-15(8-10)9-11-7-12(14)4-5-13(11)16/h4-5,7,10,16H,2-3,6,8-9,14H2,1H3. The summed E-state index contributed by atoms with van der Waals surface area (Å²) in [6.07, 6.45) is 2.57. The molecule has 0 amide bonds. The fourth-order valence-electron chi connectivity index (χ4n) is 2.40. The molecule has 0 spiro atoms. The van der Waals surface area contributed by atoms with E-state index in [1.54, 1.807) is 12.1 Å². The molecule has 2 rings (SSSR count). The largest absolute Gasteiger partial charge is 0.508 e. The molecule has 1 unspecified atom stereocenters. The van der Waals surface area contributed by atoms with Gasteiger partial charge in [-0.05, 0) is 43.5 Å². The molecule has 0 bridgehead atoms. The van der Waals surface area contributed by atoms with Gasteiger partial charge < -0.3 is 10.8 Å². The average molecular weight is 220 g/mol. The number of nitrogens with two attached hydrogens (primary N) is 1. The predicted molar refractivity (Wildman–Crippen MR) is 66.2 cm³/mol. The van der Waals surface area contributed by atoms with Gasteiger partial charge in [-0.25, -0.2) is 0 Å². The molecule has 0 aromatic heterocycles. The first-order valence-corrected chi connectivity index (χ1v) is 5.95. The lowest BCUT2D eigenvalue weighted by Crippen LogP contribution is -2.33. The SMILES string of the molecule is CC1CCCN(Cc2cc(N)ccc2O)C1. The van der Waals surface area contributed by atoms with Gasteiger partial charge in [0.15, 0.2) is 0 Å². The number of likely N-dealkylation sites (tertiary alicyclic amines) is 1. The first-order valence-electron chi connectivity index (χ1n) is 5.95. The number of piperidine rings is 1. The quantitative estimate of drug-likeness (QED) is 0.593. The molecule has 16 heavy (non-hydrogen) atoms. The van der Waals surface area contributed by atoms with Crippen LogP contribution in [0.5, 0.6) is 5.75 Å². The van der Waals surface area contributed by atoms with Gasteiger partial charge in [0.25, 0.3) is 0 Å². The van der Waals surface area contributed by atoms with Gasteiger partial charge in [-0.1, -0.05) is 6.92 Å². The maximum absolute atomic E-state index is 9.75. The van der Waals surface area contributed by atoms with Crippen molar-refractivity contribution in [2.75, 3.05) is 18.8 Å². The summed E-state index contributed by atoms with van der Waals surface area (Å²) in [5, 5.41) is 9.75. The van der Waals surface area contributed by atoms with E-state index in [2.05, 4.69) is 11.8 Å².